The predicted octanol–water partition coefficient (Wildman–Crippen LogP) is 3.90. The van der Waals surface area contributed by atoms with E-state index in [-0.39, 0.29) is 5.75 Å². The summed E-state index contributed by atoms with van der Waals surface area (Å²) in [7, 11) is 0. The maximum Gasteiger partial charge on any atom is 0.408 e. The van der Waals surface area contributed by atoms with Gasteiger partial charge in [0.15, 0.2) is 6.04 Å². The third-order valence-electron chi connectivity index (χ3n) is 4.87. The van der Waals surface area contributed by atoms with Crippen LogP contribution in [0.1, 0.15) is 43.5 Å². The Labute approximate surface area is 212 Å². The summed E-state index contributed by atoms with van der Waals surface area (Å²) < 4.78 is 5.24. The number of benzene rings is 2. The molecule has 0 heterocycles. The smallest absolute Gasteiger partial charge is 0.408 e. The molecule has 182 valence electrons. The van der Waals surface area contributed by atoms with Crippen LogP contribution >= 0.6 is 12.6 Å². The lowest BCUT2D eigenvalue weighted by atomic mass is 9.98. The van der Waals surface area contributed by atoms with E-state index in [1.54, 1.807) is 57.2 Å². The molecular weight excluding hydrogens is 462 g/mol. The number of thiol groups is 1. The number of rotatable bonds is 7. The van der Waals surface area contributed by atoms with Crippen LogP contribution in [0.5, 0.6) is 0 Å². The van der Waals surface area contributed by atoms with Gasteiger partial charge in [0.2, 0.25) is 0 Å². The minimum absolute atomic E-state index is 0.0842. The number of alkyl carbamates (subject to hydrolysis) is 1. The number of carbonyl (C=O) groups is 3. The fourth-order valence-electron chi connectivity index (χ4n) is 3.25. The highest BCUT2D eigenvalue weighted by atomic mass is 32.1. The van der Waals surface area contributed by atoms with Gasteiger partial charge >= 0.3 is 6.09 Å². The summed E-state index contributed by atoms with van der Waals surface area (Å²) in [6.07, 6.45) is 10.6. The SMILES string of the molecule is C#Cc1ccccc1C(C(=O)Nc1ccccc1C)N(C#C)C(=O)C(CS)NC(=O)OC(C)(C)C. The topological polar surface area (TPSA) is 87.7 Å². The molecule has 0 bridgehead atoms. The van der Waals surface area contributed by atoms with Gasteiger partial charge in [0.1, 0.15) is 11.6 Å². The number of para-hydroxylation sites is 1. The lowest BCUT2D eigenvalue weighted by molar-refractivity contribution is -0.136. The van der Waals surface area contributed by atoms with Crippen molar-refractivity contribution in [3.05, 3.63) is 65.2 Å². The molecule has 2 rings (SSSR count). The molecule has 0 aliphatic rings. The number of nitrogens with zero attached hydrogens (tertiary/aromatic N) is 1. The van der Waals surface area contributed by atoms with Gasteiger partial charge in [-0.15, -0.1) is 6.42 Å². The van der Waals surface area contributed by atoms with Gasteiger partial charge in [-0.3, -0.25) is 14.5 Å². The summed E-state index contributed by atoms with van der Waals surface area (Å²) in [5, 5.41) is 5.30. The highest BCUT2D eigenvalue weighted by Gasteiger charge is 2.36. The number of carbonyl (C=O) groups excluding carboxylic acids is 3. The number of ether oxygens (including phenoxy) is 1. The lowest BCUT2D eigenvalue weighted by Gasteiger charge is -2.30. The Bertz CT molecular complexity index is 1170. The molecule has 2 N–H and O–H groups in total. The molecule has 35 heavy (non-hydrogen) atoms. The normalized spacial score (nSPS) is 12.3. The average Bonchev–Trinajstić information content (AvgIpc) is 2.80. The molecule has 0 radical (unpaired) electrons. The van der Waals surface area contributed by atoms with E-state index in [2.05, 4.69) is 35.2 Å². The Hall–Kier alpha value is -3.88. The highest BCUT2D eigenvalue weighted by molar-refractivity contribution is 7.80. The molecule has 2 atom stereocenters. The first kappa shape index (κ1) is 27.4. The maximum atomic E-state index is 13.6. The summed E-state index contributed by atoms with van der Waals surface area (Å²) in [4.78, 5) is 40.3. The van der Waals surface area contributed by atoms with E-state index in [0.29, 0.717) is 16.8 Å². The molecule has 2 aromatic rings. The third-order valence-corrected chi connectivity index (χ3v) is 5.23. The minimum atomic E-state index is -1.28. The number of terminal acetylenes is 2. The van der Waals surface area contributed by atoms with Gasteiger partial charge in [0.05, 0.1) is 0 Å². The van der Waals surface area contributed by atoms with Crippen LogP contribution in [-0.2, 0) is 14.3 Å². The van der Waals surface area contributed by atoms with Gasteiger partial charge in [0.25, 0.3) is 11.8 Å². The number of hydrogen-bond acceptors (Lipinski definition) is 5. The van der Waals surface area contributed by atoms with Gasteiger partial charge in [-0.25, -0.2) is 4.79 Å². The van der Waals surface area contributed by atoms with Gasteiger partial charge in [-0.2, -0.15) is 12.6 Å². The van der Waals surface area contributed by atoms with Crippen molar-refractivity contribution < 1.29 is 19.1 Å². The first-order chi connectivity index (χ1) is 16.5. The first-order valence-corrected chi connectivity index (χ1v) is 11.5. The molecule has 0 aliphatic heterocycles. The molecule has 8 heteroatoms. The van der Waals surface area contributed by atoms with Crippen molar-refractivity contribution in [2.45, 2.75) is 45.4 Å². The molecule has 0 spiro atoms. The average molecular weight is 492 g/mol. The van der Waals surface area contributed by atoms with Gasteiger partial charge in [0, 0.05) is 28.6 Å². The Kier molecular flexibility index (Phi) is 9.39. The molecular formula is C27H29N3O4S. The van der Waals surface area contributed by atoms with Gasteiger partial charge in [-0.1, -0.05) is 48.7 Å². The quantitative estimate of drug-likeness (QED) is 0.312. The van der Waals surface area contributed by atoms with Crippen molar-refractivity contribution in [2.24, 2.45) is 0 Å². The van der Waals surface area contributed by atoms with E-state index in [1.807, 2.05) is 19.1 Å². The molecule has 0 fully saturated rings. The minimum Gasteiger partial charge on any atom is -0.444 e. The van der Waals surface area contributed by atoms with E-state index < -0.39 is 35.6 Å². The second kappa shape index (κ2) is 12.0. The van der Waals surface area contributed by atoms with E-state index in [4.69, 9.17) is 17.6 Å². The van der Waals surface area contributed by atoms with Crippen molar-refractivity contribution in [3.8, 4) is 24.8 Å². The second-order valence-corrected chi connectivity index (χ2v) is 9.02. The Morgan fingerprint density at radius 2 is 1.71 bits per heavy atom. The Morgan fingerprint density at radius 1 is 1.09 bits per heavy atom. The monoisotopic (exact) mass is 491 g/mol. The molecule has 0 saturated carbocycles. The summed E-state index contributed by atoms with van der Waals surface area (Å²) in [5.41, 5.74) is 1.36. The standard InChI is InChI=1S/C27H29N3O4S/c1-7-19-14-10-11-15-20(19)23(24(31)28-21-16-12-9-13-18(21)3)30(8-2)25(32)22(17-35)29-26(33)34-27(4,5)6/h1-2,9-16,22-23,35H,17H2,3-6H3,(H,28,31)(H,29,33). The Balaban J connectivity index is 2.48. The predicted molar refractivity (Wildman–Crippen MR) is 140 cm³/mol. The van der Waals surface area contributed by atoms with E-state index >= 15 is 0 Å². The second-order valence-electron chi connectivity index (χ2n) is 8.66. The Morgan fingerprint density at radius 3 is 2.29 bits per heavy atom. The molecule has 0 saturated heterocycles. The zero-order valence-corrected chi connectivity index (χ0v) is 21.1. The maximum absolute atomic E-state index is 13.6. The summed E-state index contributed by atoms with van der Waals surface area (Å²) in [6.45, 7) is 6.92. The van der Waals surface area contributed by atoms with Gasteiger partial charge in [-0.05, 0) is 45.4 Å². The van der Waals surface area contributed by atoms with Crippen LogP contribution in [-0.4, -0.2) is 40.2 Å². The van der Waals surface area contributed by atoms with Crippen LogP contribution in [0.15, 0.2) is 48.5 Å². The summed E-state index contributed by atoms with van der Waals surface area (Å²) in [5.74, 6) is 1.17. The zero-order valence-electron chi connectivity index (χ0n) is 20.2. The first-order valence-electron chi connectivity index (χ1n) is 10.8. The van der Waals surface area contributed by atoms with E-state index in [0.717, 1.165) is 10.5 Å². The zero-order chi connectivity index (χ0) is 26.2. The fourth-order valence-corrected chi connectivity index (χ4v) is 3.49. The number of aryl methyl sites for hydroxylation is 1. The number of hydrogen-bond donors (Lipinski definition) is 3. The molecule has 2 aromatic carbocycles. The summed E-state index contributed by atoms with van der Waals surface area (Å²) >= 11 is 4.20. The molecule has 7 nitrogen and oxygen atoms in total. The van der Waals surface area contributed by atoms with Crippen LogP contribution in [0.3, 0.4) is 0 Å². The van der Waals surface area contributed by atoms with Gasteiger partial charge < -0.3 is 15.4 Å². The van der Waals surface area contributed by atoms with Crippen molar-refractivity contribution in [1.82, 2.24) is 10.2 Å². The number of nitrogens with one attached hydrogen (secondary N) is 2. The third kappa shape index (κ3) is 7.30. The van der Waals surface area contributed by atoms with Crippen LogP contribution < -0.4 is 10.6 Å². The lowest BCUT2D eigenvalue weighted by Crippen LogP contribution is -2.51. The summed E-state index contributed by atoms with van der Waals surface area (Å²) in [6, 6.07) is 13.8. The number of amides is 3. The van der Waals surface area contributed by atoms with Crippen molar-refractivity contribution >= 4 is 36.2 Å². The van der Waals surface area contributed by atoms with Crippen LogP contribution in [0, 0.1) is 31.7 Å². The molecule has 3 amide bonds. The van der Waals surface area contributed by atoms with Crippen molar-refractivity contribution in [2.75, 3.05) is 11.1 Å². The van der Waals surface area contributed by atoms with E-state index in [1.165, 1.54) is 0 Å². The van der Waals surface area contributed by atoms with Crippen LogP contribution in [0.25, 0.3) is 0 Å². The van der Waals surface area contributed by atoms with Crippen LogP contribution in [0.4, 0.5) is 10.5 Å². The largest absolute Gasteiger partial charge is 0.444 e. The molecule has 0 aromatic heterocycles. The fraction of sp³-hybridized carbons (Fsp3) is 0.296. The van der Waals surface area contributed by atoms with Crippen molar-refractivity contribution in [1.29, 1.82) is 0 Å². The highest BCUT2D eigenvalue weighted by Crippen LogP contribution is 2.27. The van der Waals surface area contributed by atoms with Crippen LogP contribution in [0.2, 0.25) is 0 Å². The molecule has 2 unspecified atom stereocenters. The van der Waals surface area contributed by atoms with E-state index in [9.17, 15) is 14.4 Å². The molecule has 0 aliphatic carbocycles. The number of anilines is 1. The van der Waals surface area contributed by atoms with Crippen molar-refractivity contribution in [3.63, 3.8) is 0 Å².